The van der Waals surface area contributed by atoms with Crippen LogP contribution in [0, 0.1) is 5.41 Å². The zero-order chi connectivity index (χ0) is 11.5. The SMILES string of the molecule is N=C(c1ccncc1)c1cc(N)ccc1[NH-].[Pd]. The molecule has 2 aromatic rings. The van der Waals surface area contributed by atoms with Gasteiger partial charge in [-0.25, -0.2) is 0 Å². The molecule has 0 fully saturated rings. The average Bonchev–Trinajstić information content (AvgIpc) is 2.32. The van der Waals surface area contributed by atoms with Crippen molar-refractivity contribution in [1.82, 2.24) is 4.98 Å². The van der Waals surface area contributed by atoms with E-state index in [0.717, 1.165) is 5.56 Å². The van der Waals surface area contributed by atoms with Crippen LogP contribution < -0.4 is 5.73 Å². The Hall–Kier alpha value is -1.70. The molecule has 17 heavy (non-hydrogen) atoms. The largest absolute Gasteiger partial charge is 0.698 e. The Morgan fingerprint density at radius 1 is 1.18 bits per heavy atom. The van der Waals surface area contributed by atoms with E-state index in [1.54, 1.807) is 42.7 Å². The number of aromatic nitrogens is 1. The van der Waals surface area contributed by atoms with Crippen LogP contribution in [0.1, 0.15) is 11.1 Å². The zero-order valence-electron chi connectivity index (χ0n) is 8.88. The fourth-order valence-corrected chi connectivity index (χ4v) is 1.44. The third-order valence-electron chi connectivity index (χ3n) is 2.28. The predicted octanol–water partition coefficient (Wildman–Crippen LogP) is 2.76. The summed E-state index contributed by atoms with van der Waals surface area (Å²) in [6.07, 6.45) is 3.25. The summed E-state index contributed by atoms with van der Waals surface area (Å²) in [5.41, 5.74) is 15.8. The second-order valence-electron chi connectivity index (χ2n) is 3.42. The van der Waals surface area contributed by atoms with Crippen LogP contribution in [-0.4, -0.2) is 10.7 Å². The molecule has 4 nitrogen and oxygen atoms in total. The molecule has 0 spiro atoms. The van der Waals surface area contributed by atoms with Gasteiger partial charge in [0, 0.05) is 44.1 Å². The van der Waals surface area contributed by atoms with Crippen molar-refractivity contribution in [2.24, 2.45) is 0 Å². The summed E-state index contributed by atoms with van der Waals surface area (Å²) in [7, 11) is 0. The normalized spacial score (nSPS) is 9.41. The van der Waals surface area contributed by atoms with Gasteiger partial charge >= 0.3 is 0 Å². The summed E-state index contributed by atoms with van der Waals surface area (Å²) in [6, 6.07) is 8.38. The molecule has 0 atom stereocenters. The monoisotopic (exact) mass is 317 g/mol. The van der Waals surface area contributed by atoms with Crippen molar-refractivity contribution in [3.8, 4) is 0 Å². The fourth-order valence-electron chi connectivity index (χ4n) is 1.44. The topological polar surface area (TPSA) is 86.6 Å². The Labute approximate surface area is 113 Å². The maximum Gasteiger partial charge on any atom is 0.0673 e. The van der Waals surface area contributed by atoms with Crippen molar-refractivity contribution < 1.29 is 20.4 Å². The van der Waals surface area contributed by atoms with Crippen LogP contribution in [0.5, 0.6) is 0 Å². The minimum Gasteiger partial charge on any atom is -0.698 e. The third-order valence-corrected chi connectivity index (χ3v) is 2.28. The minimum absolute atomic E-state index is 0. The fraction of sp³-hybridized carbons (Fsp3) is 0. The van der Waals surface area contributed by atoms with Crippen molar-refractivity contribution in [3.05, 3.63) is 59.6 Å². The Balaban J connectivity index is 0.00000144. The van der Waals surface area contributed by atoms with Crippen molar-refractivity contribution in [2.45, 2.75) is 0 Å². The van der Waals surface area contributed by atoms with E-state index in [-0.39, 0.29) is 20.4 Å². The molecule has 1 heterocycles. The number of rotatable bonds is 2. The molecule has 1 aromatic carbocycles. The van der Waals surface area contributed by atoms with Crippen molar-refractivity contribution in [1.29, 1.82) is 5.41 Å². The van der Waals surface area contributed by atoms with Crippen LogP contribution in [0.2, 0.25) is 0 Å². The number of nitrogens with one attached hydrogen (secondary N) is 2. The third kappa shape index (κ3) is 2.90. The molecular weight excluding hydrogens is 307 g/mol. The second kappa shape index (κ2) is 5.58. The first kappa shape index (κ1) is 13.4. The first-order valence-electron chi connectivity index (χ1n) is 4.79. The summed E-state index contributed by atoms with van der Waals surface area (Å²) in [4.78, 5) is 3.89. The van der Waals surface area contributed by atoms with Crippen molar-refractivity contribution in [3.63, 3.8) is 0 Å². The molecule has 0 amide bonds. The number of anilines is 1. The molecule has 0 saturated carbocycles. The number of hydrogen-bond donors (Lipinski definition) is 2. The van der Waals surface area contributed by atoms with Gasteiger partial charge in [-0.05, 0) is 29.8 Å². The number of hydrogen-bond acceptors (Lipinski definition) is 3. The van der Waals surface area contributed by atoms with E-state index < -0.39 is 0 Å². The quantitative estimate of drug-likeness (QED) is 0.507. The number of nitrogens with two attached hydrogens (primary N) is 1. The molecule has 1 aromatic heterocycles. The van der Waals surface area contributed by atoms with Crippen LogP contribution in [-0.2, 0) is 20.4 Å². The second-order valence-corrected chi connectivity index (χ2v) is 3.42. The van der Waals surface area contributed by atoms with E-state index >= 15 is 0 Å². The summed E-state index contributed by atoms with van der Waals surface area (Å²) < 4.78 is 0. The number of nitrogens with zero attached hydrogens (tertiary/aromatic N) is 1. The molecule has 5 heteroatoms. The molecule has 0 unspecified atom stereocenters. The van der Waals surface area contributed by atoms with Crippen LogP contribution in [0.15, 0.2) is 42.7 Å². The summed E-state index contributed by atoms with van der Waals surface area (Å²) >= 11 is 0. The Bertz CT molecular complexity index is 525. The van der Waals surface area contributed by atoms with Crippen LogP contribution in [0.25, 0.3) is 5.73 Å². The summed E-state index contributed by atoms with van der Waals surface area (Å²) in [5.74, 6) is 0. The summed E-state index contributed by atoms with van der Waals surface area (Å²) in [5, 5.41) is 8.00. The van der Waals surface area contributed by atoms with Gasteiger partial charge < -0.3 is 11.5 Å². The van der Waals surface area contributed by atoms with E-state index in [1.807, 2.05) is 0 Å². The average molecular weight is 318 g/mol. The van der Waals surface area contributed by atoms with Gasteiger partial charge in [0.05, 0.1) is 5.71 Å². The molecule has 0 saturated heterocycles. The zero-order valence-corrected chi connectivity index (χ0v) is 10.4. The Morgan fingerprint density at radius 3 is 2.47 bits per heavy atom. The smallest absolute Gasteiger partial charge is 0.0673 e. The number of nitrogen functional groups attached to an aromatic ring is 1. The van der Waals surface area contributed by atoms with E-state index in [0.29, 0.717) is 22.6 Å². The first-order valence-corrected chi connectivity index (χ1v) is 4.79. The van der Waals surface area contributed by atoms with Gasteiger partial charge in [-0.15, -0.1) is 5.69 Å². The van der Waals surface area contributed by atoms with E-state index in [4.69, 9.17) is 16.9 Å². The van der Waals surface area contributed by atoms with Gasteiger partial charge in [-0.2, -0.15) is 0 Å². The van der Waals surface area contributed by atoms with Crippen LogP contribution >= 0.6 is 0 Å². The first-order chi connectivity index (χ1) is 7.68. The number of benzene rings is 1. The van der Waals surface area contributed by atoms with Crippen LogP contribution in [0.3, 0.4) is 0 Å². The van der Waals surface area contributed by atoms with Gasteiger partial charge in [0.15, 0.2) is 0 Å². The molecule has 0 aliphatic rings. The van der Waals surface area contributed by atoms with E-state index in [1.165, 1.54) is 0 Å². The van der Waals surface area contributed by atoms with Gasteiger partial charge in [0.1, 0.15) is 0 Å². The van der Waals surface area contributed by atoms with Gasteiger partial charge in [-0.3, -0.25) is 10.4 Å². The molecule has 4 N–H and O–H groups in total. The van der Waals surface area contributed by atoms with Gasteiger partial charge in [-0.1, -0.05) is 6.07 Å². The molecule has 0 radical (unpaired) electrons. The molecule has 0 aliphatic heterocycles. The molecule has 0 bridgehead atoms. The minimum atomic E-state index is 0. The molecule has 90 valence electrons. The van der Waals surface area contributed by atoms with E-state index in [9.17, 15) is 0 Å². The maximum absolute atomic E-state index is 8.00. The Morgan fingerprint density at radius 2 is 1.82 bits per heavy atom. The van der Waals surface area contributed by atoms with Crippen molar-refractivity contribution >= 4 is 17.1 Å². The summed E-state index contributed by atoms with van der Waals surface area (Å²) in [6.45, 7) is 0. The van der Waals surface area contributed by atoms with Gasteiger partial charge in [0.25, 0.3) is 0 Å². The van der Waals surface area contributed by atoms with E-state index in [2.05, 4.69) is 4.98 Å². The molecule has 0 aliphatic carbocycles. The van der Waals surface area contributed by atoms with Gasteiger partial charge in [0.2, 0.25) is 0 Å². The standard InChI is InChI=1S/C12H11N4.Pd/c13-9-1-2-11(14)10(7-9)12(15)8-3-5-16-6-4-8;/h1-7,14-15H,13H2;/q-1;. The van der Waals surface area contributed by atoms with Crippen molar-refractivity contribution in [2.75, 3.05) is 5.73 Å². The Kier molecular flexibility index (Phi) is 4.39. The number of pyridine rings is 1. The maximum atomic E-state index is 8.00. The molecular formula is C12H11N4Pd-. The predicted molar refractivity (Wildman–Crippen MR) is 65.0 cm³/mol. The molecule has 2 rings (SSSR count). The van der Waals surface area contributed by atoms with Crippen LogP contribution in [0.4, 0.5) is 11.4 Å².